The van der Waals surface area contributed by atoms with Gasteiger partial charge in [0.05, 0.1) is 5.69 Å². The summed E-state index contributed by atoms with van der Waals surface area (Å²) < 4.78 is 1.69. The van der Waals surface area contributed by atoms with Crippen LogP contribution in [0, 0.1) is 13.8 Å². The van der Waals surface area contributed by atoms with Gasteiger partial charge in [-0.2, -0.15) is 5.10 Å². The molecule has 0 fully saturated rings. The fraction of sp³-hybridized carbons (Fsp3) is 0.214. The first-order valence-corrected chi connectivity index (χ1v) is 5.95. The van der Waals surface area contributed by atoms with Crippen LogP contribution in [-0.2, 0) is 7.05 Å². The summed E-state index contributed by atoms with van der Waals surface area (Å²) in [4.78, 5) is 3.39. The highest BCUT2D eigenvalue weighted by Gasteiger charge is 2.08. The Kier molecular flexibility index (Phi) is 2.20. The molecule has 0 amide bonds. The molecule has 4 heteroatoms. The van der Waals surface area contributed by atoms with Crippen molar-refractivity contribution in [2.45, 2.75) is 13.8 Å². The lowest BCUT2D eigenvalue weighted by Crippen LogP contribution is -1.96. The van der Waals surface area contributed by atoms with Gasteiger partial charge in [-0.15, -0.1) is 0 Å². The maximum atomic E-state index is 5.81. The van der Waals surface area contributed by atoms with Crippen molar-refractivity contribution in [3.63, 3.8) is 0 Å². The van der Waals surface area contributed by atoms with E-state index in [1.165, 1.54) is 16.6 Å². The van der Waals surface area contributed by atoms with Crippen molar-refractivity contribution in [3.05, 3.63) is 35.5 Å². The van der Waals surface area contributed by atoms with E-state index < -0.39 is 0 Å². The molecule has 0 saturated heterocycles. The number of aromatic amines is 1. The molecule has 3 N–H and O–H groups in total. The van der Waals surface area contributed by atoms with Crippen LogP contribution in [0.3, 0.4) is 0 Å². The summed E-state index contributed by atoms with van der Waals surface area (Å²) >= 11 is 0. The number of hydrogen-bond acceptors (Lipinski definition) is 2. The predicted octanol–water partition coefficient (Wildman–Crippen LogP) is 2.77. The quantitative estimate of drug-likeness (QED) is 0.687. The first-order valence-electron chi connectivity index (χ1n) is 5.95. The van der Waals surface area contributed by atoms with Gasteiger partial charge >= 0.3 is 0 Å². The molecule has 2 aromatic heterocycles. The van der Waals surface area contributed by atoms with E-state index in [1.807, 2.05) is 13.1 Å². The molecule has 0 aliphatic rings. The monoisotopic (exact) mass is 240 g/mol. The minimum atomic E-state index is 0.670. The maximum Gasteiger partial charge on any atom is 0.121 e. The van der Waals surface area contributed by atoms with Crippen molar-refractivity contribution in [1.29, 1.82) is 0 Å². The zero-order valence-electron chi connectivity index (χ0n) is 10.8. The summed E-state index contributed by atoms with van der Waals surface area (Å²) in [6.07, 6.45) is 0. The molecule has 0 atom stereocenters. The summed E-state index contributed by atoms with van der Waals surface area (Å²) in [5.74, 6) is 0.670. The van der Waals surface area contributed by atoms with Gasteiger partial charge in [-0.25, -0.2) is 0 Å². The topological polar surface area (TPSA) is 59.6 Å². The van der Waals surface area contributed by atoms with Crippen LogP contribution in [0.15, 0.2) is 24.3 Å². The van der Waals surface area contributed by atoms with Crippen molar-refractivity contribution < 1.29 is 0 Å². The van der Waals surface area contributed by atoms with Crippen molar-refractivity contribution in [2.24, 2.45) is 7.05 Å². The van der Waals surface area contributed by atoms with Crippen LogP contribution in [-0.4, -0.2) is 14.8 Å². The molecule has 18 heavy (non-hydrogen) atoms. The highest BCUT2D eigenvalue weighted by molar-refractivity contribution is 5.88. The molecule has 0 bridgehead atoms. The van der Waals surface area contributed by atoms with E-state index in [9.17, 15) is 0 Å². The minimum absolute atomic E-state index is 0.670. The van der Waals surface area contributed by atoms with E-state index in [-0.39, 0.29) is 0 Å². The second kappa shape index (κ2) is 3.63. The highest BCUT2D eigenvalue weighted by Crippen LogP contribution is 2.27. The van der Waals surface area contributed by atoms with Gasteiger partial charge in [-0.1, -0.05) is 12.1 Å². The lowest BCUT2D eigenvalue weighted by atomic mass is 10.1. The van der Waals surface area contributed by atoms with E-state index in [1.54, 1.807) is 4.68 Å². The molecular formula is C14H16N4. The number of rotatable bonds is 1. The zero-order chi connectivity index (χ0) is 12.9. The van der Waals surface area contributed by atoms with Crippen LogP contribution in [0.2, 0.25) is 0 Å². The van der Waals surface area contributed by atoms with Crippen LogP contribution in [0.25, 0.3) is 22.2 Å². The first-order chi connectivity index (χ1) is 8.56. The lowest BCUT2D eigenvalue weighted by molar-refractivity contribution is 0.782. The average Bonchev–Trinajstić information content (AvgIpc) is 2.81. The van der Waals surface area contributed by atoms with Gasteiger partial charge in [0.25, 0.3) is 0 Å². The number of aryl methyl sites for hydroxylation is 3. The van der Waals surface area contributed by atoms with Gasteiger partial charge in [-0.3, -0.25) is 4.68 Å². The Bertz CT molecular complexity index is 714. The van der Waals surface area contributed by atoms with Crippen LogP contribution < -0.4 is 5.73 Å². The fourth-order valence-electron chi connectivity index (χ4n) is 2.25. The van der Waals surface area contributed by atoms with E-state index in [0.29, 0.717) is 5.82 Å². The van der Waals surface area contributed by atoms with Crippen molar-refractivity contribution in [1.82, 2.24) is 14.8 Å². The third-order valence-corrected chi connectivity index (χ3v) is 3.52. The Morgan fingerprint density at radius 1 is 1.22 bits per heavy atom. The molecule has 1 aromatic carbocycles. The number of hydrogen-bond donors (Lipinski definition) is 2. The van der Waals surface area contributed by atoms with Crippen LogP contribution in [0.1, 0.15) is 11.3 Å². The molecule has 3 aromatic rings. The maximum absolute atomic E-state index is 5.81. The molecule has 0 spiro atoms. The summed E-state index contributed by atoms with van der Waals surface area (Å²) in [5.41, 5.74) is 11.5. The van der Waals surface area contributed by atoms with Gasteiger partial charge < -0.3 is 10.7 Å². The second-order valence-corrected chi connectivity index (χ2v) is 4.71. The summed E-state index contributed by atoms with van der Waals surface area (Å²) in [6, 6.07) is 8.24. The van der Waals surface area contributed by atoms with E-state index in [4.69, 9.17) is 5.73 Å². The molecular weight excluding hydrogens is 224 g/mol. The smallest absolute Gasteiger partial charge is 0.121 e. The zero-order valence-corrected chi connectivity index (χ0v) is 10.8. The number of anilines is 1. The van der Waals surface area contributed by atoms with E-state index >= 15 is 0 Å². The SMILES string of the molecule is Cc1[nH]c2cc(-c3cc(N)n(C)n3)ccc2c1C. The number of nitrogens with zero attached hydrogens (tertiary/aromatic N) is 2. The molecule has 0 unspecified atom stereocenters. The van der Waals surface area contributed by atoms with Crippen LogP contribution >= 0.6 is 0 Å². The predicted molar refractivity (Wildman–Crippen MR) is 74.4 cm³/mol. The number of H-pyrrole nitrogens is 1. The Morgan fingerprint density at radius 3 is 2.67 bits per heavy atom. The van der Waals surface area contributed by atoms with Crippen LogP contribution in [0.4, 0.5) is 5.82 Å². The second-order valence-electron chi connectivity index (χ2n) is 4.71. The Hall–Kier alpha value is -2.23. The number of benzene rings is 1. The van der Waals surface area contributed by atoms with Gasteiger partial charge in [0, 0.05) is 35.3 Å². The summed E-state index contributed by atoms with van der Waals surface area (Å²) in [6.45, 7) is 4.22. The van der Waals surface area contributed by atoms with Gasteiger partial charge in [0.2, 0.25) is 0 Å². The van der Waals surface area contributed by atoms with E-state index in [2.05, 4.69) is 42.1 Å². The standard InChI is InChI=1S/C14H16N4/c1-8-9(2)16-13-6-10(4-5-11(8)13)12-7-14(15)18(3)17-12/h4-7,16H,15H2,1-3H3. The molecule has 0 saturated carbocycles. The third kappa shape index (κ3) is 1.49. The lowest BCUT2D eigenvalue weighted by Gasteiger charge is -1.97. The normalized spacial score (nSPS) is 11.3. The molecule has 2 heterocycles. The Labute approximate surface area is 105 Å². The fourth-order valence-corrected chi connectivity index (χ4v) is 2.25. The van der Waals surface area contributed by atoms with Crippen molar-refractivity contribution >= 4 is 16.7 Å². The molecule has 3 rings (SSSR count). The molecule has 4 nitrogen and oxygen atoms in total. The minimum Gasteiger partial charge on any atom is -0.384 e. The molecule has 0 radical (unpaired) electrons. The van der Waals surface area contributed by atoms with E-state index in [0.717, 1.165) is 16.8 Å². The largest absolute Gasteiger partial charge is 0.384 e. The summed E-state index contributed by atoms with van der Waals surface area (Å²) in [7, 11) is 1.85. The summed E-state index contributed by atoms with van der Waals surface area (Å²) in [5, 5.41) is 5.66. The number of aromatic nitrogens is 3. The number of nitrogen functional groups attached to an aromatic ring is 1. The highest BCUT2D eigenvalue weighted by atomic mass is 15.3. The average molecular weight is 240 g/mol. The van der Waals surface area contributed by atoms with Gasteiger partial charge in [0.1, 0.15) is 5.82 Å². The van der Waals surface area contributed by atoms with Crippen molar-refractivity contribution in [3.8, 4) is 11.3 Å². The van der Waals surface area contributed by atoms with Crippen LogP contribution in [0.5, 0.6) is 0 Å². The van der Waals surface area contributed by atoms with Gasteiger partial charge in [0.15, 0.2) is 0 Å². The molecule has 0 aliphatic carbocycles. The number of nitrogens with one attached hydrogen (secondary N) is 1. The first kappa shape index (κ1) is 10.9. The molecule has 0 aliphatic heterocycles. The third-order valence-electron chi connectivity index (χ3n) is 3.52. The Morgan fingerprint density at radius 2 is 2.00 bits per heavy atom. The van der Waals surface area contributed by atoms with Crippen molar-refractivity contribution in [2.75, 3.05) is 5.73 Å². The van der Waals surface area contributed by atoms with Gasteiger partial charge in [-0.05, 0) is 25.5 Å². The molecule has 92 valence electrons. The number of fused-ring (bicyclic) bond motifs is 1. The number of nitrogens with two attached hydrogens (primary N) is 1. The Balaban J connectivity index is 2.19.